The van der Waals surface area contributed by atoms with E-state index in [1.165, 1.54) is 18.7 Å². The van der Waals surface area contributed by atoms with Gasteiger partial charge < -0.3 is 15.0 Å². The molecule has 0 fully saturated rings. The van der Waals surface area contributed by atoms with E-state index in [1.807, 2.05) is 11.6 Å². The number of carboxylic acid groups (broad SMARTS) is 1. The minimum Gasteiger partial charge on any atom is -0.480 e. The number of nitrogens with one attached hydrogen (secondary N) is 1. The van der Waals surface area contributed by atoms with Crippen molar-refractivity contribution >= 4 is 23.6 Å². The Morgan fingerprint density at radius 2 is 2.35 bits per heavy atom. The van der Waals surface area contributed by atoms with Gasteiger partial charge in [-0.3, -0.25) is 4.79 Å². The van der Waals surface area contributed by atoms with Gasteiger partial charge in [0.15, 0.2) is 0 Å². The number of carbonyl (C=O) groups excluding carboxylic acids is 1. The molecule has 0 aliphatic heterocycles. The van der Waals surface area contributed by atoms with E-state index < -0.39 is 12.0 Å². The van der Waals surface area contributed by atoms with Gasteiger partial charge in [0.05, 0.1) is 6.33 Å². The molecule has 0 saturated carbocycles. The van der Waals surface area contributed by atoms with Crippen molar-refractivity contribution in [3.05, 3.63) is 18.2 Å². The highest BCUT2D eigenvalue weighted by molar-refractivity contribution is 7.98. The number of aryl methyl sites for hydroxylation is 1. The third-order valence-corrected chi connectivity index (χ3v) is 3.20. The van der Waals surface area contributed by atoms with Crippen molar-refractivity contribution in [3.8, 4) is 0 Å². The van der Waals surface area contributed by atoms with Crippen LogP contribution in [0.15, 0.2) is 12.5 Å². The fourth-order valence-corrected chi connectivity index (χ4v) is 2.29. The lowest BCUT2D eigenvalue weighted by atomic mass is 10.3. The van der Waals surface area contributed by atoms with E-state index in [0.29, 0.717) is 11.5 Å². The summed E-state index contributed by atoms with van der Waals surface area (Å²) in [5.74, 6) is -0.351. The van der Waals surface area contributed by atoms with E-state index in [-0.39, 0.29) is 5.91 Å². The molecule has 94 valence electrons. The van der Waals surface area contributed by atoms with Gasteiger partial charge in [-0.1, -0.05) is 0 Å². The summed E-state index contributed by atoms with van der Waals surface area (Å²) in [6, 6.07) is -0.842. The van der Waals surface area contributed by atoms with Gasteiger partial charge in [-0.05, 0) is 0 Å². The molecule has 1 heterocycles. The van der Waals surface area contributed by atoms with Crippen molar-refractivity contribution in [1.29, 1.82) is 0 Å². The fourth-order valence-electron chi connectivity index (χ4n) is 1.23. The Bertz CT molecular complexity index is 405. The zero-order valence-corrected chi connectivity index (χ0v) is 10.5. The average molecular weight is 257 g/mol. The highest BCUT2D eigenvalue weighted by Crippen LogP contribution is 2.12. The molecule has 7 heteroatoms. The lowest BCUT2D eigenvalue weighted by Gasteiger charge is -2.12. The van der Waals surface area contributed by atoms with Gasteiger partial charge in [0.25, 0.3) is 0 Å². The van der Waals surface area contributed by atoms with Crippen LogP contribution in [0.1, 0.15) is 12.6 Å². The average Bonchev–Trinajstić information content (AvgIpc) is 2.62. The van der Waals surface area contributed by atoms with E-state index in [1.54, 1.807) is 12.5 Å². The van der Waals surface area contributed by atoms with Crippen LogP contribution in [0, 0.1) is 0 Å². The highest BCUT2D eigenvalue weighted by Gasteiger charge is 2.18. The van der Waals surface area contributed by atoms with Crippen LogP contribution in [0.5, 0.6) is 0 Å². The molecule has 0 aliphatic rings. The van der Waals surface area contributed by atoms with E-state index in [2.05, 4.69) is 10.3 Å². The Balaban J connectivity index is 2.40. The first kappa shape index (κ1) is 13.6. The molecule has 0 aliphatic carbocycles. The Morgan fingerprint density at radius 3 is 2.82 bits per heavy atom. The van der Waals surface area contributed by atoms with Crippen LogP contribution in [0.4, 0.5) is 0 Å². The largest absolute Gasteiger partial charge is 0.480 e. The minimum atomic E-state index is -1.02. The standard InChI is InChI=1S/C10H15N3O3S/c1-7(14)12-9(10(15)16)5-17-4-8-3-11-6-13(8)2/h3,6,9H,4-5H2,1-2H3,(H,12,14)(H,15,16)/t9-/m0/s1. The van der Waals surface area contributed by atoms with Crippen LogP contribution in [0.3, 0.4) is 0 Å². The number of aromatic nitrogens is 2. The first-order valence-corrected chi connectivity index (χ1v) is 6.19. The smallest absolute Gasteiger partial charge is 0.327 e. The predicted octanol–water partition coefficient (Wildman–Crippen LogP) is 0.243. The van der Waals surface area contributed by atoms with Crippen molar-refractivity contribution in [2.24, 2.45) is 7.05 Å². The van der Waals surface area contributed by atoms with Gasteiger partial charge in [-0.15, -0.1) is 0 Å². The molecule has 2 N–H and O–H groups in total. The molecule has 0 spiro atoms. The Kier molecular flexibility index (Phi) is 5.02. The number of amides is 1. The SMILES string of the molecule is CC(=O)N[C@@H](CSCc1cncn1C)C(=O)O. The molecule has 6 nitrogen and oxygen atoms in total. The summed E-state index contributed by atoms with van der Waals surface area (Å²) in [5, 5.41) is 11.3. The lowest BCUT2D eigenvalue weighted by molar-refractivity contribution is -0.140. The van der Waals surface area contributed by atoms with E-state index in [0.717, 1.165) is 5.69 Å². The third kappa shape index (κ3) is 4.48. The summed E-state index contributed by atoms with van der Waals surface area (Å²) in [6.45, 7) is 1.31. The number of imidazole rings is 1. The quantitative estimate of drug-likeness (QED) is 0.762. The van der Waals surface area contributed by atoms with Gasteiger partial charge in [-0.25, -0.2) is 9.78 Å². The van der Waals surface area contributed by atoms with Crippen molar-refractivity contribution in [2.45, 2.75) is 18.7 Å². The van der Waals surface area contributed by atoms with Crippen LogP contribution in [-0.4, -0.2) is 38.3 Å². The monoisotopic (exact) mass is 257 g/mol. The predicted molar refractivity (Wildman–Crippen MR) is 64.6 cm³/mol. The molecule has 17 heavy (non-hydrogen) atoms. The van der Waals surface area contributed by atoms with Crippen LogP contribution < -0.4 is 5.32 Å². The maximum Gasteiger partial charge on any atom is 0.327 e. The van der Waals surface area contributed by atoms with Crippen molar-refractivity contribution in [3.63, 3.8) is 0 Å². The number of carbonyl (C=O) groups is 2. The molecule has 1 rings (SSSR count). The van der Waals surface area contributed by atoms with Crippen molar-refractivity contribution in [2.75, 3.05) is 5.75 Å². The molecule has 0 radical (unpaired) electrons. The van der Waals surface area contributed by atoms with Crippen LogP contribution >= 0.6 is 11.8 Å². The van der Waals surface area contributed by atoms with Gasteiger partial charge in [0.2, 0.25) is 5.91 Å². The van der Waals surface area contributed by atoms with E-state index in [9.17, 15) is 9.59 Å². The number of thioether (sulfide) groups is 1. The van der Waals surface area contributed by atoms with Gasteiger partial charge in [0.1, 0.15) is 6.04 Å². The second-order valence-corrected chi connectivity index (χ2v) is 4.63. The lowest BCUT2D eigenvalue weighted by Crippen LogP contribution is -2.41. The molecule has 1 aromatic rings. The topological polar surface area (TPSA) is 84.2 Å². The summed E-state index contributed by atoms with van der Waals surface area (Å²) >= 11 is 1.45. The molecule has 1 aromatic heterocycles. The van der Waals surface area contributed by atoms with E-state index >= 15 is 0 Å². The van der Waals surface area contributed by atoms with E-state index in [4.69, 9.17) is 5.11 Å². The van der Waals surface area contributed by atoms with Crippen molar-refractivity contribution < 1.29 is 14.7 Å². The maximum atomic E-state index is 10.8. The Hall–Kier alpha value is -1.50. The number of nitrogens with zero attached hydrogens (tertiary/aromatic N) is 2. The van der Waals surface area contributed by atoms with Crippen molar-refractivity contribution in [1.82, 2.24) is 14.9 Å². The summed E-state index contributed by atoms with van der Waals surface area (Å²) in [6.07, 6.45) is 3.43. The first-order valence-electron chi connectivity index (χ1n) is 5.03. The summed E-state index contributed by atoms with van der Waals surface area (Å²) in [5.41, 5.74) is 1.02. The molecular weight excluding hydrogens is 242 g/mol. The minimum absolute atomic E-state index is 0.333. The normalized spacial score (nSPS) is 12.1. The van der Waals surface area contributed by atoms with Crippen LogP contribution in [0.25, 0.3) is 0 Å². The zero-order chi connectivity index (χ0) is 12.8. The van der Waals surface area contributed by atoms with Crippen LogP contribution in [0.2, 0.25) is 0 Å². The first-order chi connectivity index (χ1) is 8.00. The number of aliphatic carboxylic acids is 1. The molecule has 0 saturated heterocycles. The number of carboxylic acids is 1. The van der Waals surface area contributed by atoms with Gasteiger partial charge >= 0.3 is 5.97 Å². The molecule has 0 aromatic carbocycles. The van der Waals surface area contributed by atoms with Gasteiger partial charge in [0, 0.05) is 37.4 Å². The fraction of sp³-hybridized carbons (Fsp3) is 0.500. The molecule has 0 unspecified atom stereocenters. The maximum absolute atomic E-state index is 10.8. The highest BCUT2D eigenvalue weighted by atomic mass is 32.2. The molecule has 1 amide bonds. The Labute approximate surface area is 103 Å². The zero-order valence-electron chi connectivity index (χ0n) is 9.71. The summed E-state index contributed by atoms with van der Waals surface area (Å²) in [7, 11) is 1.88. The van der Waals surface area contributed by atoms with Gasteiger partial charge in [-0.2, -0.15) is 11.8 Å². The summed E-state index contributed by atoms with van der Waals surface area (Å²) < 4.78 is 1.88. The Morgan fingerprint density at radius 1 is 1.65 bits per heavy atom. The number of rotatable bonds is 6. The molecular formula is C10H15N3O3S. The third-order valence-electron chi connectivity index (χ3n) is 2.13. The summed E-state index contributed by atoms with van der Waals surface area (Å²) in [4.78, 5) is 25.6. The molecule has 1 atom stereocenters. The molecule has 0 bridgehead atoms. The second kappa shape index (κ2) is 6.29. The van der Waals surface area contributed by atoms with Crippen LogP contribution in [-0.2, 0) is 22.4 Å². The number of hydrogen-bond acceptors (Lipinski definition) is 4. The second-order valence-electron chi connectivity index (χ2n) is 3.60. The number of hydrogen-bond donors (Lipinski definition) is 2.